The van der Waals surface area contributed by atoms with E-state index in [1.807, 2.05) is 0 Å². The van der Waals surface area contributed by atoms with E-state index in [0.717, 1.165) is 19.6 Å². The molecule has 0 N–H and O–H groups in total. The van der Waals surface area contributed by atoms with Gasteiger partial charge in [-0.05, 0) is 30.8 Å². The number of nitrogens with zero attached hydrogens (tertiary/aromatic N) is 5. The molecule has 8 nitrogen and oxygen atoms in total. The molecule has 0 aliphatic carbocycles. The number of benzene rings is 2. The van der Waals surface area contributed by atoms with E-state index < -0.39 is 10.7 Å². The van der Waals surface area contributed by atoms with E-state index in [1.165, 1.54) is 28.9 Å². The summed E-state index contributed by atoms with van der Waals surface area (Å²) in [4.78, 5) is 28.1. The van der Waals surface area contributed by atoms with Crippen LogP contribution in [-0.2, 0) is 0 Å². The zero-order valence-corrected chi connectivity index (χ0v) is 17.1. The van der Waals surface area contributed by atoms with Crippen molar-refractivity contribution in [1.29, 1.82) is 0 Å². The molecule has 2 heterocycles. The molecule has 1 aliphatic heterocycles. The Morgan fingerprint density at radius 3 is 2.52 bits per heavy atom. The maximum absolute atomic E-state index is 14.4. The smallest absolute Gasteiger partial charge is 0.272 e. The predicted molar refractivity (Wildman–Crippen MR) is 114 cm³/mol. The largest absolute Gasteiger partial charge is 0.335 e. The summed E-state index contributed by atoms with van der Waals surface area (Å²) in [5.74, 6) is -0.695. The molecule has 0 unspecified atom stereocenters. The molecule has 0 radical (unpaired) electrons. The minimum absolute atomic E-state index is 0.115. The molecule has 1 aliphatic rings. The van der Waals surface area contributed by atoms with Gasteiger partial charge in [-0.1, -0.05) is 25.1 Å². The van der Waals surface area contributed by atoms with Gasteiger partial charge in [-0.3, -0.25) is 14.9 Å². The van der Waals surface area contributed by atoms with Crippen LogP contribution < -0.4 is 0 Å². The van der Waals surface area contributed by atoms with Crippen LogP contribution in [-0.4, -0.2) is 63.1 Å². The van der Waals surface area contributed by atoms with Crippen LogP contribution in [0.1, 0.15) is 17.4 Å². The first-order valence-corrected chi connectivity index (χ1v) is 10.1. The van der Waals surface area contributed by atoms with Gasteiger partial charge < -0.3 is 9.80 Å². The molecule has 1 fully saturated rings. The maximum atomic E-state index is 14.4. The summed E-state index contributed by atoms with van der Waals surface area (Å²) in [6.45, 7) is 5.69. The molecule has 1 amide bonds. The van der Waals surface area contributed by atoms with Crippen LogP contribution in [0.5, 0.6) is 0 Å². The van der Waals surface area contributed by atoms with Crippen molar-refractivity contribution in [3.05, 3.63) is 76.2 Å². The number of hydrogen-bond donors (Lipinski definition) is 0. The fraction of sp³-hybridized carbons (Fsp3) is 0.273. The molecule has 1 aromatic heterocycles. The van der Waals surface area contributed by atoms with Crippen molar-refractivity contribution in [2.45, 2.75) is 6.92 Å². The van der Waals surface area contributed by atoms with Crippen molar-refractivity contribution in [3.8, 4) is 16.9 Å². The number of halogens is 1. The SMILES string of the molecule is CCN1CCN(C(=O)c2cc(-c3ccccc3F)nn2-c2cccc([N+](=O)[O-])c2)CC1. The molecule has 1 saturated heterocycles. The summed E-state index contributed by atoms with van der Waals surface area (Å²) >= 11 is 0. The van der Waals surface area contributed by atoms with Gasteiger partial charge in [0.15, 0.2) is 0 Å². The molecule has 4 rings (SSSR count). The Kier molecular flexibility index (Phi) is 5.77. The van der Waals surface area contributed by atoms with Crippen LogP contribution in [0.4, 0.5) is 10.1 Å². The number of likely N-dealkylation sites (N-methyl/N-ethyl adjacent to an activating group) is 1. The van der Waals surface area contributed by atoms with Gasteiger partial charge in [0.2, 0.25) is 0 Å². The van der Waals surface area contributed by atoms with Crippen molar-refractivity contribution in [1.82, 2.24) is 19.6 Å². The van der Waals surface area contributed by atoms with Crippen molar-refractivity contribution >= 4 is 11.6 Å². The van der Waals surface area contributed by atoms with Crippen molar-refractivity contribution in [3.63, 3.8) is 0 Å². The van der Waals surface area contributed by atoms with Crippen LogP contribution >= 0.6 is 0 Å². The van der Waals surface area contributed by atoms with E-state index in [2.05, 4.69) is 16.9 Å². The average molecular weight is 423 g/mol. The number of hydrogen-bond acceptors (Lipinski definition) is 5. The number of rotatable bonds is 5. The van der Waals surface area contributed by atoms with E-state index in [1.54, 1.807) is 35.2 Å². The molecule has 31 heavy (non-hydrogen) atoms. The number of non-ortho nitro benzene ring substituents is 1. The van der Waals surface area contributed by atoms with Crippen LogP contribution in [0.3, 0.4) is 0 Å². The second kappa shape index (κ2) is 8.65. The molecular weight excluding hydrogens is 401 g/mol. The Labute approximate surface area is 178 Å². The highest BCUT2D eigenvalue weighted by Crippen LogP contribution is 2.26. The van der Waals surface area contributed by atoms with Crippen LogP contribution in [0.25, 0.3) is 16.9 Å². The maximum Gasteiger partial charge on any atom is 0.272 e. The van der Waals surface area contributed by atoms with E-state index in [9.17, 15) is 19.3 Å². The quantitative estimate of drug-likeness (QED) is 0.464. The summed E-state index contributed by atoms with van der Waals surface area (Å²) in [5, 5.41) is 15.7. The fourth-order valence-electron chi connectivity index (χ4n) is 3.70. The summed E-state index contributed by atoms with van der Waals surface area (Å²) < 4.78 is 15.8. The highest BCUT2D eigenvalue weighted by molar-refractivity contribution is 5.94. The Morgan fingerprint density at radius 1 is 1.10 bits per heavy atom. The topological polar surface area (TPSA) is 84.5 Å². The van der Waals surface area contributed by atoms with Crippen LogP contribution in [0.2, 0.25) is 0 Å². The molecule has 160 valence electrons. The van der Waals surface area contributed by atoms with Crippen LogP contribution in [0.15, 0.2) is 54.6 Å². The molecule has 0 spiro atoms. The summed E-state index contributed by atoms with van der Waals surface area (Å²) in [5.41, 5.74) is 1.04. The third-order valence-electron chi connectivity index (χ3n) is 5.47. The highest BCUT2D eigenvalue weighted by atomic mass is 19.1. The second-order valence-electron chi connectivity index (χ2n) is 7.31. The van der Waals surface area contributed by atoms with Crippen LogP contribution in [0, 0.1) is 15.9 Å². The Bertz CT molecular complexity index is 1120. The monoisotopic (exact) mass is 423 g/mol. The number of carbonyl (C=O) groups excluding carboxylic acids is 1. The highest BCUT2D eigenvalue weighted by Gasteiger charge is 2.26. The number of nitro benzene ring substituents is 1. The first-order valence-electron chi connectivity index (χ1n) is 10.1. The fourth-order valence-corrected chi connectivity index (χ4v) is 3.70. The normalized spacial score (nSPS) is 14.6. The van der Waals surface area contributed by atoms with Crippen molar-refractivity contribution in [2.24, 2.45) is 0 Å². The first-order chi connectivity index (χ1) is 15.0. The predicted octanol–water partition coefficient (Wildman–Crippen LogP) is 3.36. The lowest BCUT2D eigenvalue weighted by molar-refractivity contribution is -0.384. The third-order valence-corrected chi connectivity index (χ3v) is 5.47. The van der Waals surface area contributed by atoms with Gasteiger partial charge in [-0.2, -0.15) is 5.10 Å². The Morgan fingerprint density at radius 2 is 1.84 bits per heavy atom. The first kappa shape index (κ1) is 20.7. The molecule has 2 aromatic carbocycles. The van der Waals surface area contributed by atoms with Gasteiger partial charge in [0, 0.05) is 43.9 Å². The molecule has 9 heteroatoms. The lowest BCUT2D eigenvalue weighted by Crippen LogP contribution is -2.48. The Balaban J connectivity index is 1.78. The lowest BCUT2D eigenvalue weighted by Gasteiger charge is -2.34. The van der Waals surface area contributed by atoms with Gasteiger partial charge >= 0.3 is 0 Å². The average Bonchev–Trinajstić information content (AvgIpc) is 3.24. The van der Waals surface area contributed by atoms with Gasteiger partial charge in [0.05, 0.1) is 16.3 Å². The van der Waals surface area contributed by atoms with Gasteiger partial charge in [-0.15, -0.1) is 0 Å². The number of amides is 1. The number of piperazine rings is 1. The number of aromatic nitrogens is 2. The molecule has 0 atom stereocenters. The molecule has 3 aromatic rings. The van der Waals surface area contributed by atoms with Gasteiger partial charge in [0.25, 0.3) is 11.6 Å². The van der Waals surface area contributed by atoms with Crippen molar-refractivity contribution in [2.75, 3.05) is 32.7 Å². The van der Waals surface area contributed by atoms with Gasteiger partial charge in [0.1, 0.15) is 11.5 Å². The lowest BCUT2D eigenvalue weighted by atomic mass is 10.1. The van der Waals surface area contributed by atoms with E-state index in [0.29, 0.717) is 24.5 Å². The zero-order chi connectivity index (χ0) is 22.0. The van der Waals surface area contributed by atoms with Crippen molar-refractivity contribution < 1.29 is 14.1 Å². The second-order valence-corrected chi connectivity index (χ2v) is 7.31. The number of nitro groups is 1. The standard InChI is InChI=1S/C22H22FN5O3/c1-2-25-10-12-26(13-11-25)22(29)21-15-20(18-8-3-4-9-19(18)23)24-27(21)16-6-5-7-17(14-16)28(30)31/h3-9,14-15H,2,10-13H2,1H3. The van der Waals surface area contributed by atoms with E-state index in [-0.39, 0.29) is 22.9 Å². The minimum Gasteiger partial charge on any atom is -0.335 e. The van der Waals surface area contributed by atoms with E-state index in [4.69, 9.17) is 0 Å². The summed E-state index contributed by atoms with van der Waals surface area (Å²) in [6, 6.07) is 13.6. The number of carbonyl (C=O) groups is 1. The minimum atomic E-state index is -0.504. The molecule has 0 bridgehead atoms. The summed E-state index contributed by atoms with van der Waals surface area (Å²) in [6.07, 6.45) is 0. The zero-order valence-electron chi connectivity index (χ0n) is 17.1. The molecular formula is C22H22FN5O3. The summed E-state index contributed by atoms with van der Waals surface area (Å²) in [7, 11) is 0. The Hall–Kier alpha value is -3.59. The van der Waals surface area contributed by atoms with E-state index >= 15 is 0 Å². The molecule has 0 saturated carbocycles. The van der Waals surface area contributed by atoms with Gasteiger partial charge in [-0.25, -0.2) is 9.07 Å². The third kappa shape index (κ3) is 4.17.